The van der Waals surface area contributed by atoms with Gasteiger partial charge in [0, 0.05) is 11.3 Å². The van der Waals surface area contributed by atoms with Crippen LogP contribution in [0.25, 0.3) is 16.8 Å². The molecule has 0 atom stereocenters. The van der Waals surface area contributed by atoms with Crippen molar-refractivity contribution in [1.29, 1.82) is 5.26 Å². The number of rotatable bonds is 6. The Bertz CT molecular complexity index is 1390. The fourth-order valence-electron chi connectivity index (χ4n) is 3.35. The maximum Gasteiger partial charge on any atom is 0.266 e. The molecule has 33 heavy (non-hydrogen) atoms. The van der Waals surface area contributed by atoms with Crippen LogP contribution < -0.4 is 10.1 Å². The fourth-order valence-corrected chi connectivity index (χ4v) is 3.67. The van der Waals surface area contributed by atoms with E-state index in [1.165, 1.54) is 0 Å². The first-order valence-corrected chi connectivity index (χ1v) is 10.9. The van der Waals surface area contributed by atoms with E-state index in [0.717, 1.165) is 16.3 Å². The van der Waals surface area contributed by atoms with Crippen LogP contribution in [0, 0.1) is 11.3 Å². The Balaban J connectivity index is 1.70. The van der Waals surface area contributed by atoms with Gasteiger partial charge in [-0.05, 0) is 52.7 Å². The molecule has 0 saturated carbocycles. The monoisotopic (exact) mass is 472 g/mol. The van der Waals surface area contributed by atoms with E-state index in [-0.39, 0.29) is 12.2 Å². The second kappa shape index (κ2) is 10.2. The molecule has 162 valence electrons. The van der Waals surface area contributed by atoms with Crippen LogP contribution in [0.3, 0.4) is 0 Å². The van der Waals surface area contributed by atoms with E-state index >= 15 is 0 Å². The first-order chi connectivity index (χ1) is 16.0. The number of benzene rings is 4. The number of nitrogens with zero attached hydrogens (tertiary/aromatic N) is 1. The summed E-state index contributed by atoms with van der Waals surface area (Å²) in [7, 11) is 0. The Morgan fingerprint density at radius 1 is 0.939 bits per heavy atom. The summed E-state index contributed by atoms with van der Waals surface area (Å²) in [5.41, 5.74) is 2.06. The summed E-state index contributed by atoms with van der Waals surface area (Å²) in [4.78, 5) is 12.8. The second-order valence-corrected chi connectivity index (χ2v) is 8.04. The molecule has 4 aromatic carbocycles. The third-order valence-electron chi connectivity index (χ3n) is 4.99. The molecule has 1 amide bonds. The zero-order valence-electron chi connectivity index (χ0n) is 17.4. The van der Waals surface area contributed by atoms with Crippen molar-refractivity contribution in [1.82, 2.24) is 0 Å². The molecule has 6 heteroatoms. The number of anilines is 1. The van der Waals surface area contributed by atoms with Gasteiger partial charge < -0.3 is 10.1 Å². The minimum Gasteiger partial charge on any atom is -0.488 e. The topological polar surface area (TPSA) is 62.1 Å². The number of carbonyl (C=O) groups excluding carboxylic acids is 1. The number of hydrogen-bond donors (Lipinski definition) is 1. The molecule has 0 aliphatic heterocycles. The van der Waals surface area contributed by atoms with Crippen molar-refractivity contribution in [2.24, 2.45) is 0 Å². The lowest BCUT2D eigenvalue weighted by atomic mass is 10.0. The summed E-state index contributed by atoms with van der Waals surface area (Å²) in [6, 6.07) is 27.8. The highest BCUT2D eigenvalue weighted by Gasteiger charge is 2.14. The quantitative estimate of drug-likeness (QED) is 0.237. The van der Waals surface area contributed by atoms with Crippen LogP contribution in [0.4, 0.5) is 5.69 Å². The molecule has 1 N–H and O–H groups in total. The van der Waals surface area contributed by atoms with Crippen LogP contribution >= 0.6 is 23.2 Å². The molecule has 0 saturated heterocycles. The molecule has 4 nitrogen and oxygen atoms in total. The minimum absolute atomic E-state index is 0.0328. The van der Waals surface area contributed by atoms with Crippen molar-refractivity contribution in [3.8, 4) is 11.8 Å². The molecule has 4 aromatic rings. The van der Waals surface area contributed by atoms with Gasteiger partial charge in [0.15, 0.2) is 0 Å². The number of para-hydroxylation sites is 1. The molecule has 4 rings (SSSR count). The van der Waals surface area contributed by atoms with E-state index < -0.39 is 5.91 Å². The van der Waals surface area contributed by atoms with E-state index in [2.05, 4.69) is 5.32 Å². The van der Waals surface area contributed by atoms with Gasteiger partial charge in [-0.1, -0.05) is 77.8 Å². The van der Waals surface area contributed by atoms with E-state index in [1.54, 1.807) is 30.3 Å². The molecule has 0 bridgehead atoms. The van der Waals surface area contributed by atoms with E-state index in [4.69, 9.17) is 27.9 Å². The van der Waals surface area contributed by atoms with Crippen LogP contribution in [-0.2, 0) is 11.4 Å². The zero-order valence-corrected chi connectivity index (χ0v) is 18.9. The van der Waals surface area contributed by atoms with Gasteiger partial charge in [0.25, 0.3) is 5.91 Å². The molecule has 0 radical (unpaired) electrons. The zero-order chi connectivity index (χ0) is 23.2. The van der Waals surface area contributed by atoms with E-state index in [0.29, 0.717) is 27.0 Å². The highest BCUT2D eigenvalue weighted by molar-refractivity contribution is 6.42. The molecule has 0 heterocycles. The average Bonchev–Trinajstić information content (AvgIpc) is 2.84. The van der Waals surface area contributed by atoms with Gasteiger partial charge in [-0.25, -0.2) is 0 Å². The van der Waals surface area contributed by atoms with Crippen LogP contribution in [0.15, 0.2) is 90.5 Å². The summed E-state index contributed by atoms with van der Waals surface area (Å²) in [5.74, 6) is 0.0482. The molecule has 0 aromatic heterocycles. The number of carbonyl (C=O) groups is 1. The number of hydrogen-bond acceptors (Lipinski definition) is 3. The number of nitriles is 1. The fraction of sp³-hybridized carbons (Fsp3) is 0.0370. The third kappa shape index (κ3) is 5.35. The lowest BCUT2D eigenvalue weighted by Crippen LogP contribution is -2.13. The highest BCUT2D eigenvalue weighted by Crippen LogP contribution is 2.31. The van der Waals surface area contributed by atoms with E-state index in [1.807, 2.05) is 66.7 Å². The number of fused-ring (bicyclic) bond motifs is 1. The molecule has 0 fully saturated rings. The van der Waals surface area contributed by atoms with Crippen LogP contribution in [0.2, 0.25) is 10.0 Å². The lowest BCUT2D eigenvalue weighted by molar-refractivity contribution is -0.112. The SMILES string of the molecule is N#C/C(=C\c1c(OCc2ccc(Cl)c(Cl)c2)ccc2ccccc12)C(=O)Nc1ccccc1. The molecule has 0 spiro atoms. The van der Waals surface area contributed by atoms with Crippen molar-refractivity contribution in [3.63, 3.8) is 0 Å². The number of amides is 1. The van der Waals surface area contributed by atoms with Crippen LogP contribution in [-0.4, -0.2) is 5.91 Å². The highest BCUT2D eigenvalue weighted by atomic mass is 35.5. The molecular formula is C27H18Cl2N2O2. The lowest BCUT2D eigenvalue weighted by Gasteiger charge is -2.13. The Labute approximate surface area is 201 Å². The van der Waals surface area contributed by atoms with Crippen molar-refractivity contribution in [2.75, 3.05) is 5.32 Å². The number of halogens is 2. The van der Waals surface area contributed by atoms with Crippen molar-refractivity contribution in [3.05, 3.63) is 112 Å². The van der Waals surface area contributed by atoms with Crippen molar-refractivity contribution < 1.29 is 9.53 Å². The summed E-state index contributed by atoms with van der Waals surface area (Å²) >= 11 is 12.1. The largest absolute Gasteiger partial charge is 0.488 e. The molecule has 0 unspecified atom stereocenters. The van der Waals surface area contributed by atoms with Gasteiger partial charge in [-0.15, -0.1) is 0 Å². The van der Waals surface area contributed by atoms with Crippen LogP contribution in [0.5, 0.6) is 5.75 Å². The van der Waals surface area contributed by atoms with Gasteiger partial charge >= 0.3 is 0 Å². The maximum atomic E-state index is 12.8. The Morgan fingerprint density at radius 3 is 2.45 bits per heavy atom. The summed E-state index contributed by atoms with van der Waals surface area (Å²) < 4.78 is 6.08. The van der Waals surface area contributed by atoms with Crippen molar-refractivity contribution in [2.45, 2.75) is 6.61 Å². The molecular weight excluding hydrogens is 455 g/mol. The Hall–Kier alpha value is -3.78. The smallest absolute Gasteiger partial charge is 0.266 e. The van der Waals surface area contributed by atoms with Gasteiger partial charge in [0.05, 0.1) is 10.0 Å². The van der Waals surface area contributed by atoms with Crippen molar-refractivity contribution >= 4 is 51.6 Å². The van der Waals surface area contributed by atoms with Gasteiger partial charge in [-0.2, -0.15) is 5.26 Å². The number of nitrogens with one attached hydrogen (secondary N) is 1. The summed E-state index contributed by atoms with van der Waals surface area (Å²) in [6.45, 7) is 0.244. The normalized spacial score (nSPS) is 11.1. The first kappa shape index (κ1) is 22.4. The van der Waals surface area contributed by atoms with Gasteiger partial charge in [0.1, 0.15) is 24.0 Å². The Kier molecular flexibility index (Phi) is 6.95. The molecule has 0 aliphatic carbocycles. The van der Waals surface area contributed by atoms with Gasteiger partial charge in [-0.3, -0.25) is 4.79 Å². The average molecular weight is 473 g/mol. The van der Waals surface area contributed by atoms with Crippen LogP contribution in [0.1, 0.15) is 11.1 Å². The predicted octanol–water partition coefficient (Wildman–Crippen LogP) is 7.27. The second-order valence-electron chi connectivity index (χ2n) is 7.23. The summed E-state index contributed by atoms with van der Waals surface area (Å²) in [6.07, 6.45) is 1.56. The maximum absolute atomic E-state index is 12.8. The van der Waals surface area contributed by atoms with E-state index in [9.17, 15) is 10.1 Å². The standard InChI is InChI=1S/C27H18Cl2N2O2/c28-24-12-10-18(14-25(24)29)17-33-26-13-11-19-6-4-5-9-22(19)23(26)15-20(16-30)27(32)31-21-7-2-1-3-8-21/h1-15H,17H2,(H,31,32)/b20-15+. The minimum atomic E-state index is -0.493. The predicted molar refractivity (Wildman–Crippen MR) is 133 cm³/mol. The first-order valence-electron chi connectivity index (χ1n) is 10.1. The van der Waals surface area contributed by atoms with Gasteiger partial charge in [0.2, 0.25) is 0 Å². The number of ether oxygens (including phenoxy) is 1. The summed E-state index contributed by atoms with van der Waals surface area (Å²) in [5, 5.41) is 15.2. The third-order valence-corrected chi connectivity index (χ3v) is 5.73. The Morgan fingerprint density at radius 2 is 1.70 bits per heavy atom. The molecule has 0 aliphatic rings.